The highest BCUT2D eigenvalue weighted by molar-refractivity contribution is 5.64. The van der Waals surface area contributed by atoms with Crippen LogP contribution in [0.5, 0.6) is 0 Å². The lowest BCUT2D eigenvalue weighted by Gasteiger charge is -2.50. The number of hydrogen-bond donors (Lipinski definition) is 1. The molecule has 3 aliphatic heterocycles. The largest absolute Gasteiger partial charge is 0.365 e. The molecule has 0 saturated carbocycles. The molecule has 3 aliphatic rings. The third kappa shape index (κ3) is 2.93. The Hall–Kier alpha value is -1.87. The van der Waals surface area contributed by atoms with Crippen LogP contribution < -0.4 is 5.32 Å². The van der Waals surface area contributed by atoms with Gasteiger partial charge in [0.1, 0.15) is 5.82 Å². The van der Waals surface area contributed by atoms with Gasteiger partial charge in [-0.15, -0.1) is 0 Å². The summed E-state index contributed by atoms with van der Waals surface area (Å²) in [5, 5.41) is 3.71. The number of aromatic nitrogens is 1. The zero-order chi connectivity index (χ0) is 16.5. The normalized spacial score (nSPS) is 28.8. The monoisotopic (exact) mass is 321 g/mol. The van der Waals surface area contributed by atoms with Gasteiger partial charge in [0, 0.05) is 23.8 Å². The Morgan fingerprint density at radius 1 is 1.04 bits per heavy atom. The van der Waals surface area contributed by atoms with E-state index in [-0.39, 0.29) is 0 Å². The van der Waals surface area contributed by atoms with E-state index in [1.807, 2.05) is 6.20 Å². The fourth-order valence-electron chi connectivity index (χ4n) is 4.30. The Kier molecular flexibility index (Phi) is 4.28. The number of rotatable bonds is 4. The van der Waals surface area contributed by atoms with Crippen LogP contribution in [0.25, 0.3) is 11.1 Å². The predicted molar refractivity (Wildman–Crippen MR) is 100 cm³/mol. The van der Waals surface area contributed by atoms with Crippen LogP contribution in [0.1, 0.15) is 32.3 Å². The van der Waals surface area contributed by atoms with Crippen molar-refractivity contribution in [3.8, 4) is 11.1 Å². The minimum atomic E-state index is 0.537. The first-order chi connectivity index (χ1) is 11.7. The molecule has 5 rings (SSSR count). The molecule has 3 fully saturated rings. The van der Waals surface area contributed by atoms with Gasteiger partial charge < -0.3 is 5.32 Å². The van der Waals surface area contributed by atoms with E-state index < -0.39 is 0 Å². The number of benzene rings is 1. The van der Waals surface area contributed by atoms with Gasteiger partial charge in [0.2, 0.25) is 0 Å². The van der Waals surface area contributed by atoms with Crippen molar-refractivity contribution in [3.05, 3.63) is 48.2 Å². The number of piperidine rings is 3. The van der Waals surface area contributed by atoms with Gasteiger partial charge in [0.25, 0.3) is 0 Å². The average Bonchev–Trinajstić information content (AvgIpc) is 2.66. The molecule has 0 radical (unpaired) electrons. The highest BCUT2D eigenvalue weighted by Crippen LogP contribution is 2.34. The van der Waals surface area contributed by atoms with Gasteiger partial charge in [-0.1, -0.05) is 31.2 Å². The zero-order valence-corrected chi connectivity index (χ0v) is 14.7. The van der Waals surface area contributed by atoms with Crippen molar-refractivity contribution < 1.29 is 0 Å². The quantitative estimate of drug-likeness (QED) is 0.914. The van der Waals surface area contributed by atoms with E-state index >= 15 is 0 Å². The van der Waals surface area contributed by atoms with Gasteiger partial charge in [-0.2, -0.15) is 0 Å². The number of nitrogens with zero attached hydrogens (tertiary/aromatic N) is 2. The van der Waals surface area contributed by atoms with Crippen molar-refractivity contribution in [3.63, 3.8) is 0 Å². The van der Waals surface area contributed by atoms with Crippen LogP contribution in [0.3, 0.4) is 0 Å². The maximum atomic E-state index is 4.68. The van der Waals surface area contributed by atoms with Crippen LogP contribution in [-0.2, 0) is 6.42 Å². The van der Waals surface area contributed by atoms with E-state index in [1.54, 1.807) is 0 Å². The van der Waals surface area contributed by atoms with Crippen LogP contribution in [-0.4, -0.2) is 35.1 Å². The Morgan fingerprint density at radius 2 is 1.75 bits per heavy atom. The molecule has 3 saturated heterocycles. The topological polar surface area (TPSA) is 28.2 Å². The van der Waals surface area contributed by atoms with Crippen LogP contribution >= 0.6 is 0 Å². The molecule has 24 heavy (non-hydrogen) atoms. The van der Waals surface area contributed by atoms with E-state index in [4.69, 9.17) is 0 Å². The highest BCUT2D eigenvalue weighted by atomic mass is 15.2. The second-order valence-corrected chi connectivity index (χ2v) is 7.27. The van der Waals surface area contributed by atoms with Crippen molar-refractivity contribution in [2.75, 3.05) is 18.4 Å². The standard InChI is InChI=1S/C21H27N3/c1-3-16-4-6-17(7-5-16)19-8-9-20(22-14-19)23-21-15(2)24-12-10-18(21)11-13-24/h4-9,14-15,18,21H,3,10-13H2,1-2H3,(H,22,23)/t15-,21-/m1/s1. The first kappa shape index (κ1) is 15.6. The van der Waals surface area contributed by atoms with E-state index in [9.17, 15) is 0 Å². The predicted octanol–water partition coefficient (Wildman–Crippen LogP) is 4.21. The average molecular weight is 321 g/mol. The molecule has 0 spiro atoms. The number of fused-ring (bicyclic) bond motifs is 3. The lowest BCUT2D eigenvalue weighted by atomic mass is 9.79. The molecule has 126 valence electrons. The number of anilines is 1. The van der Waals surface area contributed by atoms with Gasteiger partial charge in [0.05, 0.1) is 0 Å². The molecule has 0 amide bonds. The Morgan fingerprint density at radius 3 is 2.33 bits per heavy atom. The lowest BCUT2D eigenvalue weighted by molar-refractivity contribution is 0.0457. The maximum Gasteiger partial charge on any atom is 0.126 e. The Bertz CT molecular complexity index is 667. The minimum Gasteiger partial charge on any atom is -0.365 e. The lowest BCUT2D eigenvalue weighted by Crippen LogP contribution is -2.59. The van der Waals surface area contributed by atoms with Crippen molar-refractivity contribution in [2.24, 2.45) is 5.92 Å². The molecule has 2 bridgehead atoms. The molecule has 0 aliphatic carbocycles. The van der Waals surface area contributed by atoms with Crippen molar-refractivity contribution in [1.29, 1.82) is 0 Å². The van der Waals surface area contributed by atoms with Gasteiger partial charge in [-0.3, -0.25) is 4.90 Å². The maximum absolute atomic E-state index is 4.68. The van der Waals surface area contributed by atoms with Crippen molar-refractivity contribution in [1.82, 2.24) is 9.88 Å². The molecule has 1 N–H and O–H groups in total. The fraction of sp³-hybridized carbons (Fsp3) is 0.476. The van der Waals surface area contributed by atoms with Crippen LogP contribution in [0.4, 0.5) is 5.82 Å². The van der Waals surface area contributed by atoms with Gasteiger partial charge in [0.15, 0.2) is 0 Å². The summed E-state index contributed by atoms with van der Waals surface area (Å²) in [5.41, 5.74) is 3.80. The SMILES string of the molecule is CCc1ccc(-c2ccc(N[C@H]3C4CCN(CC4)[C@@H]3C)nc2)cc1. The molecule has 3 nitrogen and oxygen atoms in total. The number of hydrogen-bond acceptors (Lipinski definition) is 3. The minimum absolute atomic E-state index is 0.537. The van der Waals surface area contributed by atoms with Gasteiger partial charge >= 0.3 is 0 Å². The second-order valence-electron chi connectivity index (χ2n) is 7.27. The first-order valence-electron chi connectivity index (χ1n) is 9.30. The van der Waals surface area contributed by atoms with E-state index in [2.05, 4.69) is 65.4 Å². The van der Waals surface area contributed by atoms with E-state index in [0.717, 1.165) is 18.2 Å². The fourth-order valence-corrected chi connectivity index (χ4v) is 4.30. The molecule has 2 atom stereocenters. The molecule has 4 heterocycles. The molecule has 3 heteroatoms. The third-order valence-electron chi connectivity index (χ3n) is 5.95. The third-order valence-corrected chi connectivity index (χ3v) is 5.95. The number of aryl methyl sites for hydroxylation is 1. The summed E-state index contributed by atoms with van der Waals surface area (Å²) in [4.78, 5) is 7.29. The number of nitrogens with one attached hydrogen (secondary N) is 1. The summed E-state index contributed by atoms with van der Waals surface area (Å²) >= 11 is 0. The van der Waals surface area contributed by atoms with E-state index in [1.165, 1.54) is 42.6 Å². The zero-order valence-electron chi connectivity index (χ0n) is 14.7. The summed E-state index contributed by atoms with van der Waals surface area (Å²) in [5.74, 6) is 1.81. The van der Waals surface area contributed by atoms with E-state index in [0.29, 0.717) is 12.1 Å². The molecule has 2 aromatic rings. The summed E-state index contributed by atoms with van der Waals surface area (Å²) < 4.78 is 0. The van der Waals surface area contributed by atoms with Gasteiger partial charge in [-0.25, -0.2) is 4.98 Å². The summed E-state index contributed by atoms with van der Waals surface area (Å²) in [7, 11) is 0. The van der Waals surface area contributed by atoms with Crippen molar-refractivity contribution in [2.45, 2.75) is 45.2 Å². The first-order valence-corrected chi connectivity index (χ1v) is 9.30. The van der Waals surface area contributed by atoms with Crippen LogP contribution in [0, 0.1) is 5.92 Å². The number of pyridine rings is 1. The van der Waals surface area contributed by atoms with Crippen LogP contribution in [0.15, 0.2) is 42.6 Å². The van der Waals surface area contributed by atoms with Crippen molar-refractivity contribution >= 4 is 5.82 Å². The molecule has 0 unspecified atom stereocenters. The highest BCUT2D eigenvalue weighted by Gasteiger charge is 2.39. The second kappa shape index (κ2) is 6.56. The molecular weight excluding hydrogens is 294 g/mol. The summed E-state index contributed by atoms with van der Waals surface area (Å²) in [6, 6.07) is 14.3. The van der Waals surface area contributed by atoms with Crippen LogP contribution in [0.2, 0.25) is 0 Å². The molecular formula is C21H27N3. The molecule has 1 aromatic heterocycles. The summed E-state index contributed by atoms with van der Waals surface area (Å²) in [6.45, 7) is 7.08. The Labute approximate surface area is 145 Å². The summed E-state index contributed by atoms with van der Waals surface area (Å²) in [6.07, 6.45) is 5.72. The smallest absolute Gasteiger partial charge is 0.126 e. The Balaban J connectivity index is 1.47. The van der Waals surface area contributed by atoms with Gasteiger partial charge in [-0.05, 0) is 68.5 Å². The molecule has 1 aromatic carbocycles.